The summed E-state index contributed by atoms with van der Waals surface area (Å²) < 4.78 is 12.2. The van der Waals surface area contributed by atoms with Crippen LogP contribution in [-0.4, -0.2) is 31.3 Å². The Hall–Kier alpha value is -1.75. The SMILES string of the molecule is CC1CC[NH+](CC(=O)Nc2ccc3c(c2)OC2(CCCCC2)O3)CC1. The molecule has 0 bridgehead atoms. The summed E-state index contributed by atoms with van der Waals surface area (Å²) in [7, 11) is 0. The monoisotopic (exact) mass is 345 g/mol. The fourth-order valence-electron chi connectivity index (χ4n) is 4.25. The van der Waals surface area contributed by atoms with Gasteiger partial charge in [0.1, 0.15) is 0 Å². The van der Waals surface area contributed by atoms with Crippen LogP contribution in [0.3, 0.4) is 0 Å². The molecule has 4 rings (SSSR count). The second-order valence-corrected chi connectivity index (χ2v) is 7.99. The third kappa shape index (κ3) is 3.76. The van der Waals surface area contributed by atoms with E-state index in [2.05, 4.69) is 12.2 Å². The second kappa shape index (κ2) is 6.87. The van der Waals surface area contributed by atoms with Crippen LogP contribution in [0.4, 0.5) is 5.69 Å². The normalized spacial score (nSPS) is 27.2. The summed E-state index contributed by atoms with van der Waals surface area (Å²) in [6.45, 7) is 5.03. The average molecular weight is 345 g/mol. The van der Waals surface area contributed by atoms with E-state index in [0.29, 0.717) is 6.54 Å². The molecule has 2 N–H and O–H groups in total. The molecule has 1 saturated heterocycles. The average Bonchev–Trinajstić information content (AvgIpc) is 2.94. The van der Waals surface area contributed by atoms with E-state index in [-0.39, 0.29) is 5.91 Å². The van der Waals surface area contributed by atoms with Crippen molar-refractivity contribution < 1.29 is 19.2 Å². The number of anilines is 1. The lowest BCUT2D eigenvalue weighted by molar-refractivity contribution is -0.897. The Morgan fingerprint density at radius 2 is 1.88 bits per heavy atom. The molecule has 5 heteroatoms. The molecule has 0 atom stereocenters. The van der Waals surface area contributed by atoms with E-state index in [0.717, 1.165) is 61.9 Å². The van der Waals surface area contributed by atoms with Crippen molar-refractivity contribution >= 4 is 11.6 Å². The van der Waals surface area contributed by atoms with Gasteiger partial charge in [-0.1, -0.05) is 13.3 Å². The minimum Gasteiger partial charge on any atom is -0.448 e. The van der Waals surface area contributed by atoms with Crippen molar-refractivity contribution in [3.8, 4) is 11.5 Å². The van der Waals surface area contributed by atoms with E-state index in [4.69, 9.17) is 9.47 Å². The van der Waals surface area contributed by atoms with Crippen molar-refractivity contribution in [1.29, 1.82) is 0 Å². The van der Waals surface area contributed by atoms with Crippen LogP contribution in [0.5, 0.6) is 11.5 Å². The van der Waals surface area contributed by atoms with E-state index in [1.54, 1.807) is 0 Å². The molecular formula is C20H29N2O3+. The molecule has 1 saturated carbocycles. The highest BCUT2D eigenvalue weighted by Gasteiger charge is 2.42. The second-order valence-electron chi connectivity index (χ2n) is 7.99. The fraction of sp³-hybridized carbons (Fsp3) is 0.650. The number of rotatable bonds is 3. The first kappa shape index (κ1) is 16.7. The Morgan fingerprint density at radius 1 is 1.16 bits per heavy atom. The van der Waals surface area contributed by atoms with Crippen molar-refractivity contribution in [2.45, 2.75) is 57.7 Å². The first-order valence-electron chi connectivity index (χ1n) is 9.77. The fourth-order valence-corrected chi connectivity index (χ4v) is 4.25. The van der Waals surface area contributed by atoms with Gasteiger partial charge in [-0.15, -0.1) is 0 Å². The number of benzene rings is 1. The third-order valence-corrected chi connectivity index (χ3v) is 5.83. The largest absolute Gasteiger partial charge is 0.448 e. The molecule has 2 aliphatic heterocycles. The standard InChI is InChI=1S/C20H28N2O3/c1-15-7-11-22(12-8-15)14-19(23)21-16-5-6-17-18(13-16)25-20(24-17)9-3-2-4-10-20/h5-6,13,15H,2-4,7-12,14H2,1H3,(H,21,23)/p+1. The van der Waals surface area contributed by atoms with Crippen molar-refractivity contribution in [1.82, 2.24) is 0 Å². The summed E-state index contributed by atoms with van der Waals surface area (Å²) in [5.41, 5.74) is 0.796. The first-order valence-corrected chi connectivity index (χ1v) is 9.77. The van der Waals surface area contributed by atoms with Crippen molar-refractivity contribution in [3.05, 3.63) is 18.2 Å². The number of quaternary nitrogens is 1. The van der Waals surface area contributed by atoms with Crippen LogP contribution >= 0.6 is 0 Å². The number of carbonyl (C=O) groups is 1. The predicted octanol–water partition coefficient (Wildman–Crippen LogP) is 2.37. The molecule has 5 nitrogen and oxygen atoms in total. The number of nitrogens with one attached hydrogen (secondary N) is 2. The maximum Gasteiger partial charge on any atom is 0.279 e. The highest BCUT2D eigenvalue weighted by molar-refractivity contribution is 5.91. The van der Waals surface area contributed by atoms with Gasteiger partial charge >= 0.3 is 0 Å². The summed E-state index contributed by atoms with van der Waals surface area (Å²) in [5.74, 6) is 1.98. The van der Waals surface area contributed by atoms with Crippen LogP contribution in [0.2, 0.25) is 0 Å². The third-order valence-electron chi connectivity index (χ3n) is 5.83. The van der Waals surface area contributed by atoms with Crippen LogP contribution in [0, 0.1) is 5.92 Å². The zero-order valence-electron chi connectivity index (χ0n) is 15.1. The van der Waals surface area contributed by atoms with Crippen LogP contribution in [0.1, 0.15) is 51.9 Å². The van der Waals surface area contributed by atoms with Gasteiger partial charge in [0.2, 0.25) is 0 Å². The molecule has 1 aromatic carbocycles. The van der Waals surface area contributed by atoms with Crippen molar-refractivity contribution in [3.63, 3.8) is 0 Å². The summed E-state index contributed by atoms with van der Waals surface area (Å²) >= 11 is 0. The molecular weight excluding hydrogens is 316 g/mol. The minimum atomic E-state index is -0.460. The molecule has 0 aromatic heterocycles. The first-order chi connectivity index (χ1) is 12.1. The van der Waals surface area contributed by atoms with E-state index in [1.165, 1.54) is 24.2 Å². The smallest absolute Gasteiger partial charge is 0.279 e. The van der Waals surface area contributed by atoms with Crippen LogP contribution in [0.15, 0.2) is 18.2 Å². The van der Waals surface area contributed by atoms with Crippen LogP contribution < -0.4 is 19.7 Å². The summed E-state index contributed by atoms with van der Waals surface area (Å²) in [6, 6.07) is 5.74. The quantitative estimate of drug-likeness (QED) is 0.884. The van der Waals surface area contributed by atoms with Crippen molar-refractivity contribution in [2.75, 3.05) is 25.0 Å². The van der Waals surface area contributed by atoms with Crippen molar-refractivity contribution in [2.24, 2.45) is 5.92 Å². The molecule has 25 heavy (non-hydrogen) atoms. The van der Waals surface area contributed by atoms with Gasteiger partial charge in [-0.2, -0.15) is 0 Å². The minimum absolute atomic E-state index is 0.0794. The van der Waals surface area contributed by atoms with E-state index >= 15 is 0 Å². The summed E-state index contributed by atoms with van der Waals surface area (Å²) in [4.78, 5) is 13.7. The number of ether oxygens (including phenoxy) is 2. The lowest BCUT2D eigenvalue weighted by Gasteiger charge is -2.31. The van der Waals surface area contributed by atoms with Gasteiger partial charge < -0.3 is 19.7 Å². The molecule has 0 radical (unpaired) electrons. The van der Waals surface area contributed by atoms with Gasteiger partial charge in [0.15, 0.2) is 18.0 Å². The molecule has 136 valence electrons. The number of fused-ring (bicyclic) bond motifs is 1. The lowest BCUT2D eigenvalue weighted by atomic mass is 9.94. The molecule has 1 aromatic rings. The highest BCUT2D eigenvalue weighted by Crippen LogP contribution is 2.46. The predicted molar refractivity (Wildman–Crippen MR) is 96.1 cm³/mol. The number of hydrogen-bond donors (Lipinski definition) is 2. The maximum absolute atomic E-state index is 12.4. The van der Waals surface area contributed by atoms with Gasteiger partial charge in [0, 0.05) is 24.6 Å². The Morgan fingerprint density at radius 3 is 2.64 bits per heavy atom. The van der Waals surface area contributed by atoms with Crippen LogP contribution in [0.25, 0.3) is 0 Å². The summed E-state index contributed by atoms with van der Waals surface area (Å²) in [5, 5.41) is 3.03. The zero-order valence-corrected chi connectivity index (χ0v) is 15.1. The Kier molecular flexibility index (Phi) is 4.59. The topological polar surface area (TPSA) is 52.0 Å². The lowest BCUT2D eigenvalue weighted by Crippen LogP contribution is -3.14. The number of likely N-dealkylation sites (tertiary alicyclic amines) is 1. The number of hydrogen-bond acceptors (Lipinski definition) is 3. The molecule has 1 spiro atoms. The number of piperidine rings is 1. The van der Waals surface area contributed by atoms with Gasteiger partial charge in [-0.3, -0.25) is 4.79 Å². The molecule has 3 aliphatic rings. The Bertz CT molecular complexity index is 632. The van der Waals surface area contributed by atoms with Gasteiger partial charge in [-0.05, 0) is 43.7 Å². The van der Waals surface area contributed by atoms with E-state index in [9.17, 15) is 4.79 Å². The molecule has 0 unspecified atom stereocenters. The van der Waals surface area contributed by atoms with E-state index < -0.39 is 5.79 Å². The van der Waals surface area contributed by atoms with Crippen LogP contribution in [-0.2, 0) is 4.79 Å². The van der Waals surface area contributed by atoms with Gasteiger partial charge in [0.25, 0.3) is 11.7 Å². The molecule has 2 heterocycles. The Labute approximate surface area is 149 Å². The van der Waals surface area contributed by atoms with E-state index in [1.807, 2.05) is 18.2 Å². The molecule has 1 amide bonds. The highest BCUT2D eigenvalue weighted by atomic mass is 16.7. The van der Waals surface area contributed by atoms with Gasteiger partial charge in [-0.25, -0.2) is 0 Å². The number of amides is 1. The number of carbonyl (C=O) groups excluding carboxylic acids is 1. The summed E-state index contributed by atoms with van der Waals surface area (Å²) in [6.07, 6.45) is 7.87. The molecule has 1 aliphatic carbocycles. The zero-order chi connectivity index (χ0) is 17.3. The Balaban J connectivity index is 1.35. The van der Waals surface area contributed by atoms with Gasteiger partial charge in [0.05, 0.1) is 13.1 Å². The molecule has 2 fully saturated rings. The maximum atomic E-state index is 12.4.